The highest BCUT2D eigenvalue weighted by molar-refractivity contribution is 9.09. The molecule has 0 aliphatic carbocycles. The van der Waals surface area contributed by atoms with Gasteiger partial charge in [0, 0.05) is 16.9 Å². The maximum atomic E-state index is 11.8. The van der Waals surface area contributed by atoms with Crippen molar-refractivity contribution in [2.24, 2.45) is 0 Å². The molecule has 1 aliphatic heterocycles. The minimum atomic E-state index is 0.0671. The summed E-state index contributed by atoms with van der Waals surface area (Å²) in [7, 11) is 0. The van der Waals surface area contributed by atoms with Gasteiger partial charge >= 0.3 is 0 Å². The first-order valence-electron chi connectivity index (χ1n) is 5.23. The first kappa shape index (κ1) is 10.7. The number of carbonyl (C=O) groups is 1. The molecule has 3 heteroatoms. The molecular formula is C12H14BrNO. The SMILES string of the molecule is CC(Br)c1ccc2c(c1)C(=O)NCCC2. The lowest BCUT2D eigenvalue weighted by atomic mass is 10.00. The summed E-state index contributed by atoms with van der Waals surface area (Å²) in [6.07, 6.45) is 2.02. The van der Waals surface area contributed by atoms with E-state index in [0.29, 0.717) is 4.83 Å². The van der Waals surface area contributed by atoms with Crippen LogP contribution in [0.2, 0.25) is 0 Å². The van der Waals surface area contributed by atoms with Crippen molar-refractivity contribution in [2.45, 2.75) is 24.6 Å². The predicted octanol–water partition coefficient (Wildman–Crippen LogP) is 2.82. The van der Waals surface area contributed by atoms with Crippen molar-refractivity contribution >= 4 is 21.8 Å². The minimum absolute atomic E-state index is 0.0671. The average Bonchev–Trinajstić information content (AvgIpc) is 2.40. The van der Waals surface area contributed by atoms with Crippen LogP contribution in [-0.2, 0) is 6.42 Å². The van der Waals surface area contributed by atoms with E-state index in [-0.39, 0.29) is 5.91 Å². The third kappa shape index (κ3) is 2.23. The van der Waals surface area contributed by atoms with Gasteiger partial charge in [0.05, 0.1) is 0 Å². The monoisotopic (exact) mass is 267 g/mol. The second-order valence-electron chi connectivity index (χ2n) is 3.89. The van der Waals surface area contributed by atoms with E-state index in [2.05, 4.69) is 40.3 Å². The fourth-order valence-electron chi connectivity index (χ4n) is 1.85. The Kier molecular flexibility index (Phi) is 3.10. The second kappa shape index (κ2) is 4.35. The van der Waals surface area contributed by atoms with E-state index in [1.807, 2.05) is 6.07 Å². The highest BCUT2D eigenvalue weighted by Crippen LogP contribution is 2.25. The molecule has 1 aromatic rings. The van der Waals surface area contributed by atoms with Gasteiger partial charge in [0.2, 0.25) is 0 Å². The summed E-state index contributed by atoms with van der Waals surface area (Å²) in [5.74, 6) is 0.0671. The summed E-state index contributed by atoms with van der Waals surface area (Å²) in [5, 5.41) is 2.91. The van der Waals surface area contributed by atoms with Crippen molar-refractivity contribution < 1.29 is 4.79 Å². The van der Waals surface area contributed by atoms with Crippen LogP contribution in [0.1, 0.15) is 39.7 Å². The predicted molar refractivity (Wildman–Crippen MR) is 64.4 cm³/mol. The molecule has 1 N–H and O–H groups in total. The Bertz CT molecular complexity index is 387. The third-order valence-corrected chi connectivity index (χ3v) is 3.27. The van der Waals surface area contributed by atoms with E-state index >= 15 is 0 Å². The van der Waals surface area contributed by atoms with Crippen molar-refractivity contribution in [1.82, 2.24) is 5.32 Å². The van der Waals surface area contributed by atoms with Crippen molar-refractivity contribution in [3.8, 4) is 0 Å². The lowest BCUT2D eigenvalue weighted by molar-refractivity contribution is 0.0956. The zero-order chi connectivity index (χ0) is 10.8. The van der Waals surface area contributed by atoms with Gasteiger partial charge in [-0.1, -0.05) is 28.1 Å². The number of aryl methyl sites for hydroxylation is 1. The summed E-state index contributed by atoms with van der Waals surface area (Å²) in [6, 6.07) is 6.17. The molecule has 80 valence electrons. The zero-order valence-electron chi connectivity index (χ0n) is 8.72. The molecule has 0 bridgehead atoms. The molecular weight excluding hydrogens is 254 g/mol. The quantitative estimate of drug-likeness (QED) is 0.780. The number of hydrogen-bond donors (Lipinski definition) is 1. The standard InChI is InChI=1S/C12H14BrNO/c1-8(13)10-5-4-9-3-2-6-14-12(15)11(9)7-10/h4-5,7-8H,2-3,6H2,1H3,(H,14,15). The lowest BCUT2D eigenvalue weighted by Gasteiger charge is -2.09. The molecule has 0 radical (unpaired) electrons. The van der Waals surface area contributed by atoms with Gasteiger partial charge in [-0.15, -0.1) is 0 Å². The minimum Gasteiger partial charge on any atom is -0.352 e. The number of hydrogen-bond acceptors (Lipinski definition) is 1. The first-order valence-corrected chi connectivity index (χ1v) is 6.15. The molecule has 0 fully saturated rings. The van der Waals surface area contributed by atoms with Crippen LogP contribution in [0.4, 0.5) is 0 Å². The molecule has 0 saturated carbocycles. The van der Waals surface area contributed by atoms with Gasteiger partial charge in [-0.25, -0.2) is 0 Å². The number of benzene rings is 1. The van der Waals surface area contributed by atoms with Gasteiger partial charge in [-0.05, 0) is 37.0 Å². The van der Waals surface area contributed by atoms with E-state index < -0.39 is 0 Å². The largest absolute Gasteiger partial charge is 0.352 e. The van der Waals surface area contributed by atoms with Crippen LogP contribution in [0.15, 0.2) is 18.2 Å². The molecule has 1 heterocycles. The number of alkyl halides is 1. The number of nitrogens with one attached hydrogen (secondary N) is 1. The molecule has 1 amide bonds. The van der Waals surface area contributed by atoms with Crippen molar-refractivity contribution in [1.29, 1.82) is 0 Å². The van der Waals surface area contributed by atoms with E-state index in [9.17, 15) is 4.79 Å². The van der Waals surface area contributed by atoms with Crippen molar-refractivity contribution in [3.63, 3.8) is 0 Å². The number of amides is 1. The molecule has 2 nitrogen and oxygen atoms in total. The van der Waals surface area contributed by atoms with E-state index in [0.717, 1.165) is 30.5 Å². The Morgan fingerprint density at radius 1 is 1.47 bits per heavy atom. The highest BCUT2D eigenvalue weighted by Gasteiger charge is 2.16. The highest BCUT2D eigenvalue weighted by atomic mass is 79.9. The molecule has 1 unspecified atom stereocenters. The van der Waals surface area contributed by atoms with Crippen LogP contribution in [0.5, 0.6) is 0 Å². The smallest absolute Gasteiger partial charge is 0.251 e. The Hall–Kier alpha value is -0.830. The summed E-state index contributed by atoms with van der Waals surface area (Å²) in [5.41, 5.74) is 3.17. The molecule has 1 aliphatic rings. The number of halogens is 1. The Balaban J connectivity index is 2.44. The Morgan fingerprint density at radius 2 is 2.27 bits per heavy atom. The molecule has 0 aromatic heterocycles. The van der Waals surface area contributed by atoms with E-state index in [4.69, 9.17) is 0 Å². The Morgan fingerprint density at radius 3 is 3.00 bits per heavy atom. The fourth-order valence-corrected chi connectivity index (χ4v) is 2.13. The van der Waals surface area contributed by atoms with E-state index in [1.165, 1.54) is 5.56 Å². The molecule has 0 saturated heterocycles. The van der Waals surface area contributed by atoms with Crippen LogP contribution >= 0.6 is 15.9 Å². The molecule has 1 atom stereocenters. The van der Waals surface area contributed by atoms with Gasteiger partial charge in [0.1, 0.15) is 0 Å². The number of carbonyl (C=O) groups excluding carboxylic acids is 1. The zero-order valence-corrected chi connectivity index (χ0v) is 10.3. The van der Waals surface area contributed by atoms with Gasteiger partial charge in [0.25, 0.3) is 5.91 Å². The van der Waals surface area contributed by atoms with Gasteiger partial charge < -0.3 is 5.32 Å². The molecule has 15 heavy (non-hydrogen) atoms. The summed E-state index contributed by atoms with van der Waals surface area (Å²) in [6.45, 7) is 2.85. The van der Waals surface area contributed by atoms with Crippen LogP contribution in [0.3, 0.4) is 0 Å². The van der Waals surface area contributed by atoms with Crippen LogP contribution in [0, 0.1) is 0 Å². The Labute approximate surface area is 98.2 Å². The number of rotatable bonds is 1. The van der Waals surface area contributed by atoms with Crippen LogP contribution < -0.4 is 5.32 Å². The third-order valence-electron chi connectivity index (χ3n) is 2.75. The molecule has 0 spiro atoms. The summed E-state index contributed by atoms with van der Waals surface area (Å²) in [4.78, 5) is 12.0. The fraction of sp³-hybridized carbons (Fsp3) is 0.417. The second-order valence-corrected chi connectivity index (χ2v) is 5.27. The summed E-state index contributed by atoms with van der Waals surface area (Å²) >= 11 is 3.52. The van der Waals surface area contributed by atoms with E-state index in [1.54, 1.807) is 0 Å². The van der Waals surface area contributed by atoms with Crippen molar-refractivity contribution in [2.75, 3.05) is 6.54 Å². The average molecular weight is 268 g/mol. The maximum Gasteiger partial charge on any atom is 0.251 e. The molecule has 1 aromatic carbocycles. The topological polar surface area (TPSA) is 29.1 Å². The van der Waals surface area contributed by atoms with Gasteiger partial charge in [-0.3, -0.25) is 4.79 Å². The molecule has 2 rings (SSSR count). The normalized spacial score (nSPS) is 17.6. The van der Waals surface area contributed by atoms with Crippen molar-refractivity contribution in [3.05, 3.63) is 34.9 Å². The lowest BCUT2D eigenvalue weighted by Crippen LogP contribution is -2.22. The maximum absolute atomic E-state index is 11.8. The van der Waals surface area contributed by atoms with Gasteiger partial charge in [-0.2, -0.15) is 0 Å². The van der Waals surface area contributed by atoms with Crippen LogP contribution in [-0.4, -0.2) is 12.5 Å². The number of fused-ring (bicyclic) bond motifs is 1. The van der Waals surface area contributed by atoms with Crippen LogP contribution in [0.25, 0.3) is 0 Å². The van der Waals surface area contributed by atoms with Gasteiger partial charge in [0.15, 0.2) is 0 Å². The first-order chi connectivity index (χ1) is 7.18. The summed E-state index contributed by atoms with van der Waals surface area (Å²) < 4.78 is 0.